The van der Waals surface area contributed by atoms with Gasteiger partial charge in [-0.3, -0.25) is 0 Å². The zero-order valence-corrected chi connectivity index (χ0v) is 13.8. The SMILES string of the molecule is O=C(C=Cc1ccc(F)cc1)Oc1ccc2c3c(c(=O)oc2c1)CCC3. The minimum Gasteiger partial charge on any atom is -0.423 e. The highest BCUT2D eigenvalue weighted by molar-refractivity contribution is 5.90. The second kappa shape index (κ2) is 6.59. The maximum atomic E-state index is 12.9. The number of ether oxygens (including phenoxy) is 1. The highest BCUT2D eigenvalue weighted by Gasteiger charge is 2.19. The Morgan fingerprint density at radius 2 is 1.85 bits per heavy atom. The van der Waals surface area contributed by atoms with Crippen molar-refractivity contribution in [2.45, 2.75) is 19.3 Å². The Morgan fingerprint density at radius 3 is 2.65 bits per heavy atom. The van der Waals surface area contributed by atoms with E-state index in [2.05, 4.69) is 0 Å². The molecular formula is C21H15FO4. The monoisotopic (exact) mass is 350 g/mol. The van der Waals surface area contributed by atoms with Gasteiger partial charge in [0.15, 0.2) is 0 Å². The molecule has 5 heteroatoms. The van der Waals surface area contributed by atoms with Crippen LogP contribution in [0.2, 0.25) is 0 Å². The molecule has 0 aliphatic heterocycles. The number of aryl methyl sites for hydroxylation is 1. The Balaban J connectivity index is 1.55. The molecule has 0 radical (unpaired) electrons. The van der Waals surface area contributed by atoms with Crippen molar-refractivity contribution in [3.8, 4) is 5.75 Å². The molecule has 1 aliphatic carbocycles. The molecule has 0 unspecified atom stereocenters. The second-order valence-electron chi connectivity index (χ2n) is 6.16. The van der Waals surface area contributed by atoms with Gasteiger partial charge in [0.2, 0.25) is 0 Å². The van der Waals surface area contributed by atoms with Crippen LogP contribution in [-0.2, 0) is 17.6 Å². The van der Waals surface area contributed by atoms with Crippen LogP contribution in [0.4, 0.5) is 4.39 Å². The summed E-state index contributed by atoms with van der Waals surface area (Å²) >= 11 is 0. The van der Waals surface area contributed by atoms with E-state index >= 15 is 0 Å². The van der Waals surface area contributed by atoms with Crippen LogP contribution in [-0.4, -0.2) is 5.97 Å². The minimum absolute atomic E-state index is 0.298. The molecule has 0 spiro atoms. The lowest BCUT2D eigenvalue weighted by Crippen LogP contribution is -2.07. The second-order valence-corrected chi connectivity index (χ2v) is 6.16. The largest absolute Gasteiger partial charge is 0.423 e. The van der Waals surface area contributed by atoms with Gasteiger partial charge in [-0.05, 0) is 60.7 Å². The number of hydrogen-bond acceptors (Lipinski definition) is 4. The first-order chi connectivity index (χ1) is 12.6. The molecule has 1 aromatic heterocycles. The molecule has 0 bridgehead atoms. The topological polar surface area (TPSA) is 56.5 Å². The third-order valence-corrected chi connectivity index (χ3v) is 4.45. The molecule has 0 amide bonds. The van der Waals surface area contributed by atoms with E-state index in [4.69, 9.17) is 9.15 Å². The van der Waals surface area contributed by atoms with E-state index in [1.54, 1.807) is 24.3 Å². The number of fused-ring (bicyclic) bond motifs is 3. The molecule has 0 atom stereocenters. The lowest BCUT2D eigenvalue weighted by molar-refractivity contribution is -0.128. The summed E-state index contributed by atoms with van der Waals surface area (Å²) in [6.45, 7) is 0. The van der Waals surface area contributed by atoms with Crippen molar-refractivity contribution in [3.05, 3.63) is 81.5 Å². The Labute approximate surface area is 148 Å². The van der Waals surface area contributed by atoms with Crippen LogP contribution in [0.1, 0.15) is 23.1 Å². The normalized spacial score (nSPS) is 13.3. The maximum absolute atomic E-state index is 12.9. The van der Waals surface area contributed by atoms with Crippen molar-refractivity contribution in [2.75, 3.05) is 0 Å². The summed E-state index contributed by atoms with van der Waals surface area (Å²) in [7, 11) is 0. The molecule has 26 heavy (non-hydrogen) atoms. The number of benzene rings is 2. The van der Waals surface area contributed by atoms with E-state index in [1.807, 2.05) is 6.07 Å². The Hall–Kier alpha value is -3.21. The van der Waals surface area contributed by atoms with Crippen LogP contribution < -0.4 is 10.4 Å². The van der Waals surface area contributed by atoms with Crippen molar-refractivity contribution in [1.29, 1.82) is 0 Å². The van der Waals surface area contributed by atoms with Gasteiger partial charge < -0.3 is 9.15 Å². The van der Waals surface area contributed by atoms with E-state index in [0.29, 0.717) is 16.9 Å². The molecule has 4 nitrogen and oxygen atoms in total. The Morgan fingerprint density at radius 1 is 1.08 bits per heavy atom. The van der Waals surface area contributed by atoms with Crippen molar-refractivity contribution in [3.63, 3.8) is 0 Å². The fraction of sp³-hybridized carbons (Fsp3) is 0.143. The van der Waals surface area contributed by atoms with Crippen LogP contribution in [0.25, 0.3) is 17.0 Å². The van der Waals surface area contributed by atoms with Crippen molar-refractivity contribution in [2.24, 2.45) is 0 Å². The molecule has 2 aromatic carbocycles. The van der Waals surface area contributed by atoms with Crippen LogP contribution >= 0.6 is 0 Å². The van der Waals surface area contributed by atoms with Crippen LogP contribution in [0, 0.1) is 5.82 Å². The number of esters is 1. The van der Waals surface area contributed by atoms with Crippen molar-refractivity contribution >= 4 is 23.0 Å². The first-order valence-corrected chi connectivity index (χ1v) is 8.34. The number of carbonyl (C=O) groups is 1. The zero-order valence-electron chi connectivity index (χ0n) is 13.8. The lowest BCUT2D eigenvalue weighted by atomic mass is 10.1. The summed E-state index contributed by atoms with van der Waals surface area (Å²) in [4.78, 5) is 24.0. The van der Waals surface area contributed by atoms with Gasteiger partial charge in [0.1, 0.15) is 17.1 Å². The third-order valence-electron chi connectivity index (χ3n) is 4.45. The van der Waals surface area contributed by atoms with Gasteiger partial charge in [0, 0.05) is 23.1 Å². The van der Waals surface area contributed by atoms with Crippen molar-refractivity contribution < 1.29 is 18.3 Å². The molecule has 0 saturated heterocycles. The molecule has 0 N–H and O–H groups in total. The minimum atomic E-state index is -0.572. The fourth-order valence-corrected chi connectivity index (χ4v) is 3.22. The molecule has 1 aliphatic rings. The highest BCUT2D eigenvalue weighted by atomic mass is 19.1. The van der Waals surface area contributed by atoms with Gasteiger partial charge in [-0.25, -0.2) is 14.0 Å². The van der Waals surface area contributed by atoms with E-state index in [9.17, 15) is 14.0 Å². The molecule has 1 heterocycles. The smallest absolute Gasteiger partial charge is 0.339 e. The van der Waals surface area contributed by atoms with E-state index < -0.39 is 5.97 Å². The molecule has 4 rings (SSSR count). The fourth-order valence-electron chi connectivity index (χ4n) is 3.22. The first-order valence-electron chi connectivity index (χ1n) is 8.34. The standard InChI is InChI=1S/C21H15FO4/c22-14-7-4-13(5-8-14)6-11-20(23)25-15-9-10-17-16-2-1-3-18(16)21(24)26-19(17)12-15/h4-12H,1-3H2. The number of hydrogen-bond donors (Lipinski definition) is 0. The third kappa shape index (κ3) is 3.16. The van der Waals surface area contributed by atoms with Crippen LogP contribution in [0.15, 0.2) is 57.8 Å². The highest BCUT2D eigenvalue weighted by Crippen LogP contribution is 2.29. The number of carbonyl (C=O) groups excluding carboxylic acids is 1. The average Bonchev–Trinajstić information content (AvgIpc) is 3.12. The summed E-state index contributed by atoms with van der Waals surface area (Å²) < 4.78 is 23.5. The first kappa shape index (κ1) is 16.3. The lowest BCUT2D eigenvalue weighted by Gasteiger charge is -2.06. The quantitative estimate of drug-likeness (QED) is 0.310. The summed E-state index contributed by atoms with van der Waals surface area (Å²) in [5.74, 6) is -0.613. The predicted octanol–water partition coefficient (Wildman–Crippen LogP) is 4.04. The maximum Gasteiger partial charge on any atom is 0.339 e. The molecular weight excluding hydrogens is 335 g/mol. The Kier molecular flexibility index (Phi) is 4.13. The van der Waals surface area contributed by atoms with Gasteiger partial charge in [0.05, 0.1) is 0 Å². The van der Waals surface area contributed by atoms with E-state index in [0.717, 1.165) is 35.8 Å². The zero-order chi connectivity index (χ0) is 18.1. The van der Waals surface area contributed by atoms with Gasteiger partial charge in [-0.15, -0.1) is 0 Å². The molecule has 130 valence electrons. The summed E-state index contributed by atoms with van der Waals surface area (Å²) in [6, 6.07) is 10.8. The van der Waals surface area contributed by atoms with E-state index in [-0.39, 0.29) is 11.4 Å². The summed E-state index contributed by atoms with van der Waals surface area (Å²) in [5, 5.41) is 0.888. The Bertz CT molecular complexity index is 1080. The van der Waals surface area contributed by atoms with Gasteiger partial charge in [-0.2, -0.15) is 0 Å². The number of rotatable bonds is 3. The molecule has 3 aromatic rings. The summed E-state index contributed by atoms with van der Waals surface area (Å²) in [6.07, 6.45) is 5.35. The van der Waals surface area contributed by atoms with Gasteiger partial charge >= 0.3 is 11.6 Å². The average molecular weight is 350 g/mol. The van der Waals surface area contributed by atoms with Crippen LogP contribution in [0.5, 0.6) is 5.75 Å². The van der Waals surface area contributed by atoms with Gasteiger partial charge in [0.25, 0.3) is 0 Å². The molecule has 0 fully saturated rings. The van der Waals surface area contributed by atoms with Crippen molar-refractivity contribution in [1.82, 2.24) is 0 Å². The number of halogens is 1. The molecule has 0 saturated carbocycles. The predicted molar refractivity (Wildman–Crippen MR) is 95.6 cm³/mol. The van der Waals surface area contributed by atoms with Crippen LogP contribution in [0.3, 0.4) is 0 Å². The van der Waals surface area contributed by atoms with E-state index in [1.165, 1.54) is 24.3 Å². The van der Waals surface area contributed by atoms with Gasteiger partial charge in [-0.1, -0.05) is 12.1 Å². The summed E-state index contributed by atoms with van der Waals surface area (Å²) in [5.41, 5.74) is 2.58.